The first-order chi connectivity index (χ1) is 26.2. The van der Waals surface area contributed by atoms with E-state index in [1.54, 1.807) is 0 Å². The van der Waals surface area contributed by atoms with Crippen molar-refractivity contribution in [2.75, 3.05) is 0 Å². The third-order valence-electron chi connectivity index (χ3n) is 9.87. The minimum absolute atomic E-state index is 0.123. The summed E-state index contributed by atoms with van der Waals surface area (Å²) < 4.78 is -2.76. The normalized spacial score (nSPS) is 14.6. The topological polar surface area (TPSA) is 280 Å². The number of hydrogen-bond acceptors (Lipinski definition) is 15. The summed E-state index contributed by atoms with van der Waals surface area (Å²) in [5.74, 6) is -16.4. The van der Waals surface area contributed by atoms with E-state index in [0.29, 0.717) is 57.2 Å². The Morgan fingerprint density at radius 2 is 0.474 bits per heavy atom. The van der Waals surface area contributed by atoms with Crippen molar-refractivity contribution in [3.63, 3.8) is 0 Å². The van der Waals surface area contributed by atoms with E-state index in [-0.39, 0.29) is 18.2 Å². The van der Waals surface area contributed by atoms with Gasteiger partial charge in [-0.2, -0.15) is 0 Å². The molecule has 3 unspecified atom stereocenters. The van der Waals surface area contributed by atoms with Crippen molar-refractivity contribution in [3.8, 4) is 0 Å². The second kappa shape index (κ2) is 16.4. The molecule has 3 atom stereocenters. The summed E-state index contributed by atoms with van der Waals surface area (Å²) in [4.78, 5) is 168. The van der Waals surface area contributed by atoms with Gasteiger partial charge in [0.2, 0.25) is 34.5 Å². The van der Waals surface area contributed by atoms with Gasteiger partial charge in [0.1, 0.15) is 16.2 Å². The molecule has 0 aromatic carbocycles. The highest BCUT2D eigenvalue weighted by atomic mass is 16.4. The van der Waals surface area contributed by atoms with Crippen LogP contribution in [0.5, 0.6) is 0 Å². The number of ketones is 9. The molecule has 0 saturated heterocycles. The van der Waals surface area contributed by atoms with Gasteiger partial charge in [-0.1, -0.05) is 59.2 Å². The Labute approximate surface area is 323 Å². The molecule has 18 nitrogen and oxygen atoms in total. The fraction of sp³-hybridized carbons (Fsp3) is 0.231. The van der Waals surface area contributed by atoms with Crippen LogP contribution in [0.1, 0.15) is 20.8 Å². The van der Waals surface area contributed by atoms with Crippen molar-refractivity contribution >= 4 is 52.0 Å². The van der Waals surface area contributed by atoms with E-state index in [1.165, 1.54) is 0 Å². The standard InChI is InChI=1S/C39H39N3O15/c1-13-22(43)34(10,23(44)14-2)37(55,28(49)19-7)40-31(52)41(38(56,29(50)20-8)35(11,24(45)15-3)25(46)16-4)33(54)42(32(40)53)39(57,30(51)21-9)36(12,26(47)17-5)27(48)18-6/h13-21,55-57H,1-9H2,10-12H3. The number of aliphatic hydroxyl groups is 3. The smallest absolute Gasteiger partial charge is 0.342 e. The predicted molar refractivity (Wildman–Crippen MR) is 201 cm³/mol. The molecule has 18 heteroatoms. The molecule has 300 valence electrons. The molecule has 0 spiro atoms. The van der Waals surface area contributed by atoms with E-state index >= 15 is 0 Å². The van der Waals surface area contributed by atoms with Gasteiger partial charge in [-0.3, -0.25) is 43.2 Å². The average Bonchev–Trinajstić information content (AvgIpc) is 3.21. The SMILES string of the molecule is C=CC(=O)C(C)(C(=O)C=C)C(O)(C(=O)C=C)n1c(=O)n(C(O)(C(=O)C=C)C(C)(C(=O)C=C)C(=O)C=C)c(=O)n(C(O)(C(=O)C=C)C(C)(C(=O)C=C)C(=O)C=C)c1=O. The molecular weight excluding hydrogens is 750 g/mol. The van der Waals surface area contributed by atoms with Gasteiger partial charge in [-0.25, -0.2) is 28.1 Å². The summed E-state index contributed by atoms with van der Waals surface area (Å²) in [5, 5.41) is 37.5. The summed E-state index contributed by atoms with van der Waals surface area (Å²) in [6.07, 6.45) is 2.22. The Kier molecular flexibility index (Phi) is 13.8. The number of nitrogens with zero attached hydrogens (tertiary/aromatic N) is 3. The van der Waals surface area contributed by atoms with Gasteiger partial charge < -0.3 is 15.3 Å². The fourth-order valence-electron chi connectivity index (χ4n) is 6.16. The first-order valence-electron chi connectivity index (χ1n) is 15.9. The molecule has 0 aliphatic rings. The molecule has 0 fully saturated rings. The number of aromatic nitrogens is 3. The lowest BCUT2D eigenvalue weighted by Gasteiger charge is -2.45. The summed E-state index contributed by atoms with van der Waals surface area (Å²) in [7, 11) is 0. The molecule has 0 amide bonds. The zero-order chi connectivity index (χ0) is 45.0. The monoisotopic (exact) mass is 789 g/mol. The van der Waals surface area contributed by atoms with E-state index in [1.807, 2.05) is 0 Å². The molecule has 3 N–H and O–H groups in total. The second-order valence-corrected chi connectivity index (χ2v) is 12.4. The van der Waals surface area contributed by atoms with Crippen molar-refractivity contribution in [1.82, 2.24) is 13.7 Å². The largest absolute Gasteiger partial charge is 0.363 e. The number of carbonyl (C=O) groups is 9. The zero-order valence-electron chi connectivity index (χ0n) is 31.1. The molecule has 1 heterocycles. The zero-order valence-corrected chi connectivity index (χ0v) is 31.1. The maximum atomic E-state index is 14.9. The molecule has 0 radical (unpaired) electrons. The number of rotatable bonds is 24. The quantitative estimate of drug-likeness (QED) is 0.0830. The maximum absolute atomic E-state index is 14.9. The van der Waals surface area contributed by atoms with Crippen LogP contribution in [0, 0.1) is 16.2 Å². The van der Waals surface area contributed by atoms with E-state index < -0.39 is 116 Å². The summed E-state index contributed by atoms with van der Waals surface area (Å²) >= 11 is 0. The first kappa shape index (κ1) is 48.0. The van der Waals surface area contributed by atoms with Gasteiger partial charge in [0, 0.05) is 0 Å². The third-order valence-corrected chi connectivity index (χ3v) is 9.87. The molecule has 0 aliphatic carbocycles. The van der Waals surface area contributed by atoms with Gasteiger partial charge in [0.25, 0.3) is 0 Å². The second-order valence-electron chi connectivity index (χ2n) is 12.4. The third kappa shape index (κ3) is 6.02. The van der Waals surface area contributed by atoms with Gasteiger partial charge >= 0.3 is 17.1 Å². The lowest BCUT2D eigenvalue weighted by atomic mass is 9.68. The van der Waals surface area contributed by atoms with Crippen LogP contribution < -0.4 is 17.1 Å². The molecule has 1 aromatic rings. The van der Waals surface area contributed by atoms with Crippen LogP contribution in [0.4, 0.5) is 0 Å². The van der Waals surface area contributed by atoms with Crippen LogP contribution in [-0.4, -0.2) is 81.1 Å². The minimum atomic E-state index is -4.43. The van der Waals surface area contributed by atoms with E-state index in [9.17, 15) is 72.9 Å². The minimum Gasteiger partial charge on any atom is -0.363 e. The van der Waals surface area contributed by atoms with E-state index in [4.69, 9.17) is 0 Å². The highest BCUT2D eigenvalue weighted by Crippen LogP contribution is 2.43. The molecule has 1 aromatic heterocycles. The summed E-state index contributed by atoms with van der Waals surface area (Å²) in [5.41, 5.74) is -31.9. The highest BCUT2D eigenvalue weighted by Gasteiger charge is 2.68. The molecule has 0 aliphatic heterocycles. The van der Waals surface area contributed by atoms with Crippen molar-refractivity contribution in [3.05, 3.63) is 145 Å². The van der Waals surface area contributed by atoms with Crippen molar-refractivity contribution in [2.24, 2.45) is 16.2 Å². The van der Waals surface area contributed by atoms with Crippen molar-refractivity contribution in [1.29, 1.82) is 0 Å². The Morgan fingerprint density at radius 1 is 0.351 bits per heavy atom. The van der Waals surface area contributed by atoms with Crippen LogP contribution in [0.15, 0.2) is 128 Å². The Hall–Kier alpha value is -7.02. The number of hydrogen-bond donors (Lipinski definition) is 3. The van der Waals surface area contributed by atoms with E-state index in [2.05, 4.69) is 59.2 Å². The molecule has 57 heavy (non-hydrogen) atoms. The van der Waals surface area contributed by atoms with Crippen LogP contribution in [0.2, 0.25) is 0 Å². The summed E-state index contributed by atoms with van der Waals surface area (Å²) in [6, 6.07) is 0. The highest BCUT2D eigenvalue weighted by molar-refractivity contribution is 6.21. The lowest BCUT2D eigenvalue weighted by Crippen LogP contribution is -2.77. The van der Waals surface area contributed by atoms with Crippen LogP contribution in [0.25, 0.3) is 0 Å². The van der Waals surface area contributed by atoms with Gasteiger partial charge in [-0.15, -0.1) is 0 Å². The van der Waals surface area contributed by atoms with Crippen LogP contribution in [-0.2, 0) is 60.3 Å². The number of allylic oxidation sites excluding steroid dienone is 6. The Morgan fingerprint density at radius 3 is 0.579 bits per heavy atom. The molecule has 0 bridgehead atoms. The van der Waals surface area contributed by atoms with Gasteiger partial charge in [0.05, 0.1) is 0 Å². The molecule has 1 rings (SSSR count). The van der Waals surface area contributed by atoms with Crippen molar-refractivity contribution in [2.45, 2.75) is 37.9 Å². The van der Waals surface area contributed by atoms with Crippen molar-refractivity contribution < 1.29 is 58.5 Å². The molecular formula is C39H39N3O15. The Balaban J connectivity index is 5.86. The first-order valence-corrected chi connectivity index (χ1v) is 15.9. The van der Waals surface area contributed by atoms with Crippen LogP contribution >= 0.6 is 0 Å². The van der Waals surface area contributed by atoms with Crippen LogP contribution in [0.3, 0.4) is 0 Å². The molecule has 0 saturated carbocycles. The average molecular weight is 790 g/mol. The predicted octanol–water partition coefficient (Wildman–Crippen LogP) is -1.08. The van der Waals surface area contributed by atoms with Gasteiger partial charge in [-0.05, 0) is 75.5 Å². The number of carbonyl (C=O) groups excluding carboxylic acids is 9. The van der Waals surface area contributed by atoms with Gasteiger partial charge in [0.15, 0.2) is 34.7 Å². The van der Waals surface area contributed by atoms with E-state index in [0.717, 1.165) is 0 Å². The Bertz CT molecular complexity index is 2000. The maximum Gasteiger partial charge on any atom is 0.342 e. The summed E-state index contributed by atoms with van der Waals surface area (Å²) in [6.45, 7) is 29.7. The lowest BCUT2D eigenvalue weighted by molar-refractivity contribution is -0.192. The fourth-order valence-corrected chi connectivity index (χ4v) is 6.16.